The lowest BCUT2D eigenvalue weighted by molar-refractivity contribution is 0.262. The highest BCUT2D eigenvalue weighted by atomic mass is 32.2. The van der Waals surface area contributed by atoms with Crippen molar-refractivity contribution in [3.05, 3.63) is 78.4 Å². The third-order valence-corrected chi connectivity index (χ3v) is 5.17. The summed E-state index contributed by atoms with van der Waals surface area (Å²) in [5.74, 6) is 1.16. The third kappa shape index (κ3) is 4.52. The van der Waals surface area contributed by atoms with Crippen LogP contribution in [-0.4, -0.2) is 22.5 Å². The first-order valence-corrected chi connectivity index (χ1v) is 10.3. The molecule has 4 rings (SSSR count). The molecule has 7 heteroatoms. The lowest BCUT2D eigenvalue weighted by Crippen LogP contribution is -2.20. The minimum absolute atomic E-state index is 0.351. The second-order valence-electron chi connectivity index (χ2n) is 6.33. The zero-order chi connectivity index (χ0) is 20.1. The Bertz CT molecular complexity index is 1130. The average molecular weight is 404 g/mol. The van der Waals surface area contributed by atoms with Gasteiger partial charge >= 0.3 is 6.03 Å². The van der Waals surface area contributed by atoms with Gasteiger partial charge in [0.15, 0.2) is 5.82 Å². The van der Waals surface area contributed by atoms with E-state index in [9.17, 15) is 4.79 Å². The van der Waals surface area contributed by atoms with Crippen LogP contribution in [0.5, 0.6) is 5.75 Å². The van der Waals surface area contributed by atoms with Gasteiger partial charge < -0.3 is 10.1 Å². The highest BCUT2D eigenvalue weighted by Crippen LogP contribution is 2.27. The molecule has 4 aromatic rings. The first-order chi connectivity index (χ1) is 14.2. The van der Waals surface area contributed by atoms with Crippen LogP contribution in [0.4, 0.5) is 16.3 Å². The lowest BCUT2D eigenvalue weighted by atomic mass is 10.2. The number of nitrogens with one attached hydrogen (secondary N) is 3. The number of amides is 2. The summed E-state index contributed by atoms with van der Waals surface area (Å²) in [6, 6.07) is 22.9. The maximum Gasteiger partial charge on any atom is 0.324 e. The molecule has 2 amide bonds. The molecule has 0 aliphatic heterocycles. The number of benzene rings is 3. The van der Waals surface area contributed by atoms with Crippen LogP contribution < -0.4 is 15.4 Å². The van der Waals surface area contributed by atoms with E-state index in [2.05, 4.69) is 20.8 Å². The number of carbonyl (C=O) groups is 1. The Kier molecular flexibility index (Phi) is 5.67. The molecule has 0 aliphatic carbocycles. The molecule has 6 nitrogen and oxygen atoms in total. The van der Waals surface area contributed by atoms with Gasteiger partial charge in [0.1, 0.15) is 12.4 Å². The number of aromatic amines is 1. The van der Waals surface area contributed by atoms with E-state index in [0.717, 1.165) is 27.0 Å². The molecule has 3 N–H and O–H groups in total. The number of aromatic nitrogens is 2. The van der Waals surface area contributed by atoms with Gasteiger partial charge in [-0.15, -0.1) is 11.8 Å². The molecule has 1 heterocycles. The number of ether oxygens (including phenoxy) is 1. The minimum Gasteiger partial charge on any atom is -0.489 e. The summed E-state index contributed by atoms with van der Waals surface area (Å²) in [6.45, 7) is 0.471. The van der Waals surface area contributed by atoms with E-state index in [1.165, 1.54) is 0 Å². The molecule has 146 valence electrons. The number of anilines is 2. The van der Waals surface area contributed by atoms with E-state index in [4.69, 9.17) is 4.74 Å². The van der Waals surface area contributed by atoms with Gasteiger partial charge in [-0.2, -0.15) is 5.10 Å². The van der Waals surface area contributed by atoms with Gasteiger partial charge in [0.2, 0.25) is 0 Å². The van der Waals surface area contributed by atoms with Gasteiger partial charge in [0.25, 0.3) is 0 Å². The van der Waals surface area contributed by atoms with Crippen molar-refractivity contribution in [2.24, 2.45) is 0 Å². The summed E-state index contributed by atoms with van der Waals surface area (Å²) >= 11 is 1.57. The summed E-state index contributed by atoms with van der Waals surface area (Å²) < 4.78 is 5.88. The number of nitrogens with zero attached hydrogens (tertiary/aromatic N) is 1. The fraction of sp³-hybridized carbons (Fsp3) is 0.0909. The largest absolute Gasteiger partial charge is 0.489 e. The Balaban J connectivity index is 1.48. The van der Waals surface area contributed by atoms with E-state index < -0.39 is 0 Å². The number of hydrogen-bond donors (Lipinski definition) is 3. The first kappa shape index (κ1) is 18.9. The average Bonchev–Trinajstić information content (AvgIpc) is 3.15. The molecule has 0 atom stereocenters. The number of fused-ring (bicyclic) bond motifs is 1. The van der Waals surface area contributed by atoms with Crippen molar-refractivity contribution in [1.82, 2.24) is 10.2 Å². The molecule has 0 fully saturated rings. The van der Waals surface area contributed by atoms with Crippen molar-refractivity contribution in [2.75, 3.05) is 16.9 Å². The van der Waals surface area contributed by atoms with Crippen LogP contribution >= 0.6 is 11.8 Å². The second-order valence-corrected chi connectivity index (χ2v) is 7.18. The molecule has 3 aromatic carbocycles. The number of rotatable bonds is 6. The Morgan fingerprint density at radius 2 is 1.83 bits per heavy atom. The topological polar surface area (TPSA) is 79.0 Å². The monoisotopic (exact) mass is 404 g/mol. The molecule has 0 bridgehead atoms. The van der Waals surface area contributed by atoms with Crippen molar-refractivity contribution in [3.63, 3.8) is 0 Å². The van der Waals surface area contributed by atoms with E-state index in [-0.39, 0.29) is 6.03 Å². The zero-order valence-electron chi connectivity index (χ0n) is 15.8. The molecule has 1 aromatic heterocycles. The highest BCUT2D eigenvalue weighted by Gasteiger charge is 2.12. The maximum atomic E-state index is 12.5. The van der Waals surface area contributed by atoms with Crippen LogP contribution in [0.2, 0.25) is 0 Å². The number of carbonyl (C=O) groups excluding carboxylic acids is 1. The van der Waals surface area contributed by atoms with Crippen molar-refractivity contribution in [3.8, 4) is 5.75 Å². The van der Waals surface area contributed by atoms with Gasteiger partial charge in [-0.25, -0.2) is 4.79 Å². The van der Waals surface area contributed by atoms with E-state index in [0.29, 0.717) is 18.2 Å². The summed E-state index contributed by atoms with van der Waals surface area (Å²) in [7, 11) is 0. The quantitative estimate of drug-likeness (QED) is 0.370. The van der Waals surface area contributed by atoms with Gasteiger partial charge in [0, 0.05) is 10.3 Å². The number of urea groups is 1. The lowest BCUT2D eigenvalue weighted by Gasteiger charge is -2.10. The standard InChI is InChI=1S/C22H20N4O2S/c1-29-20-10-6-5-9-19(20)23-22(27)24-21-17-13-16(11-12-18(17)25-26-21)28-14-15-7-3-2-4-8-15/h2-13H,14H2,1H3,(H3,23,24,25,26,27). The van der Waals surface area contributed by atoms with Gasteiger partial charge in [-0.05, 0) is 42.2 Å². The number of thioether (sulfide) groups is 1. The molecule has 0 aliphatic rings. The summed E-state index contributed by atoms with van der Waals surface area (Å²) in [4.78, 5) is 13.5. The molecule has 29 heavy (non-hydrogen) atoms. The smallest absolute Gasteiger partial charge is 0.324 e. The van der Waals surface area contributed by atoms with Crippen LogP contribution in [0, 0.1) is 0 Å². The van der Waals surface area contributed by atoms with E-state index >= 15 is 0 Å². The Morgan fingerprint density at radius 1 is 1.03 bits per heavy atom. The van der Waals surface area contributed by atoms with Crippen LogP contribution in [0.3, 0.4) is 0 Å². The van der Waals surface area contributed by atoms with Crippen molar-refractivity contribution >= 4 is 40.2 Å². The first-order valence-electron chi connectivity index (χ1n) is 9.09. The summed E-state index contributed by atoms with van der Waals surface area (Å²) in [5, 5.41) is 13.6. The Hall–Kier alpha value is -3.45. The Labute approximate surface area is 172 Å². The number of hydrogen-bond acceptors (Lipinski definition) is 4. The third-order valence-electron chi connectivity index (χ3n) is 4.37. The summed E-state index contributed by atoms with van der Waals surface area (Å²) in [6.07, 6.45) is 1.97. The zero-order valence-corrected chi connectivity index (χ0v) is 16.6. The van der Waals surface area contributed by atoms with Crippen LogP contribution in [-0.2, 0) is 6.61 Å². The molecule has 0 unspecified atom stereocenters. The van der Waals surface area contributed by atoms with Crippen LogP contribution in [0.15, 0.2) is 77.7 Å². The highest BCUT2D eigenvalue weighted by molar-refractivity contribution is 7.98. The predicted molar refractivity (Wildman–Crippen MR) is 118 cm³/mol. The second kappa shape index (κ2) is 8.70. The number of H-pyrrole nitrogens is 1. The van der Waals surface area contributed by atoms with Crippen molar-refractivity contribution in [2.45, 2.75) is 11.5 Å². The van der Waals surface area contributed by atoms with E-state index in [1.807, 2.05) is 79.1 Å². The SMILES string of the molecule is CSc1ccccc1NC(=O)Nc1n[nH]c2ccc(OCc3ccccc3)cc12. The van der Waals surface area contributed by atoms with E-state index in [1.54, 1.807) is 11.8 Å². The summed E-state index contributed by atoms with van der Waals surface area (Å²) in [5.41, 5.74) is 2.66. The van der Waals surface area contributed by atoms with Gasteiger partial charge in [-0.3, -0.25) is 10.4 Å². The number of para-hydroxylation sites is 1. The normalized spacial score (nSPS) is 10.7. The molecule has 0 radical (unpaired) electrons. The molecule has 0 saturated heterocycles. The molecular formula is C22H20N4O2S. The molecule has 0 spiro atoms. The predicted octanol–water partition coefficient (Wildman–Crippen LogP) is 5.51. The fourth-order valence-electron chi connectivity index (χ4n) is 2.93. The van der Waals surface area contributed by atoms with Crippen molar-refractivity contribution in [1.29, 1.82) is 0 Å². The maximum absolute atomic E-state index is 12.5. The Morgan fingerprint density at radius 3 is 2.66 bits per heavy atom. The van der Waals surface area contributed by atoms with Crippen LogP contribution in [0.1, 0.15) is 5.56 Å². The van der Waals surface area contributed by atoms with Crippen molar-refractivity contribution < 1.29 is 9.53 Å². The molecule has 0 saturated carbocycles. The van der Waals surface area contributed by atoms with Gasteiger partial charge in [-0.1, -0.05) is 42.5 Å². The van der Waals surface area contributed by atoms with Crippen LogP contribution in [0.25, 0.3) is 10.9 Å². The fourth-order valence-corrected chi connectivity index (χ4v) is 3.48. The van der Waals surface area contributed by atoms with Gasteiger partial charge in [0.05, 0.1) is 11.2 Å². The minimum atomic E-state index is -0.351. The molecular weight excluding hydrogens is 384 g/mol.